The zero-order valence-electron chi connectivity index (χ0n) is 17.3. The van der Waals surface area contributed by atoms with Gasteiger partial charge in [0.05, 0.1) is 5.52 Å². The van der Waals surface area contributed by atoms with Gasteiger partial charge in [-0.3, -0.25) is 4.98 Å². The van der Waals surface area contributed by atoms with Gasteiger partial charge in [0.2, 0.25) is 0 Å². The second-order valence-electron chi connectivity index (χ2n) is 8.97. The first-order chi connectivity index (χ1) is 15.0. The van der Waals surface area contributed by atoms with Crippen LogP contribution in [0.5, 0.6) is 0 Å². The van der Waals surface area contributed by atoms with Crippen molar-refractivity contribution in [3.8, 4) is 0 Å². The van der Waals surface area contributed by atoms with Gasteiger partial charge >= 0.3 is 0 Å². The summed E-state index contributed by atoms with van der Waals surface area (Å²) in [6.45, 7) is 1.79. The van der Waals surface area contributed by atoms with E-state index in [9.17, 15) is 9.60 Å². The van der Waals surface area contributed by atoms with E-state index in [1.165, 1.54) is 11.6 Å². The lowest BCUT2D eigenvalue weighted by Crippen LogP contribution is -2.48. The number of rotatable bonds is 3. The van der Waals surface area contributed by atoms with Crippen LogP contribution in [0.1, 0.15) is 42.7 Å². The van der Waals surface area contributed by atoms with Crippen molar-refractivity contribution in [2.75, 3.05) is 13.1 Å². The highest BCUT2D eigenvalue weighted by atomic mass is 35.5. The number of likely N-dealkylation sites (tertiary alicyclic amines) is 1. The maximum atomic E-state index is 13.8. The predicted molar refractivity (Wildman–Crippen MR) is 121 cm³/mol. The van der Waals surface area contributed by atoms with Crippen LogP contribution in [0.3, 0.4) is 0 Å². The molecule has 0 atom stereocenters. The molecule has 0 bridgehead atoms. The van der Waals surface area contributed by atoms with E-state index < -0.39 is 0 Å². The number of hydrogen-bond donors (Lipinski definition) is 1. The van der Waals surface area contributed by atoms with Gasteiger partial charge in [-0.25, -0.2) is 4.39 Å². The van der Waals surface area contributed by atoms with Crippen molar-refractivity contribution in [1.29, 1.82) is 0 Å². The molecular formula is C25H25ClFN3O. The summed E-state index contributed by atoms with van der Waals surface area (Å²) < 4.78 is 13.8. The van der Waals surface area contributed by atoms with E-state index in [1.807, 2.05) is 30.5 Å². The second kappa shape index (κ2) is 8.12. The number of nitrogens with zero attached hydrogens (tertiary/aromatic N) is 3. The summed E-state index contributed by atoms with van der Waals surface area (Å²) in [5, 5.41) is 14.8. The summed E-state index contributed by atoms with van der Waals surface area (Å²) in [6, 6.07) is 14.6. The number of aromatic nitrogens is 1. The molecule has 1 saturated carbocycles. The Kier molecular flexibility index (Phi) is 5.30. The fourth-order valence-corrected chi connectivity index (χ4v) is 5.47. The normalized spacial score (nSPS) is 19.0. The number of oxime groups is 1. The van der Waals surface area contributed by atoms with Crippen molar-refractivity contribution >= 4 is 28.3 Å². The van der Waals surface area contributed by atoms with Crippen molar-refractivity contribution < 1.29 is 9.60 Å². The Morgan fingerprint density at radius 2 is 1.87 bits per heavy atom. The fourth-order valence-electron chi connectivity index (χ4n) is 5.34. The molecule has 2 aromatic carbocycles. The predicted octanol–water partition coefficient (Wildman–Crippen LogP) is 6.02. The zero-order valence-corrected chi connectivity index (χ0v) is 18.0. The molecule has 1 saturated heterocycles. The molecule has 1 N–H and O–H groups in total. The van der Waals surface area contributed by atoms with Crippen LogP contribution < -0.4 is 0 Å². The van der Waals surface area contributed by atoms with Gasteiger partial charge in [-0.1, -0.05) is 28.9 Å². The zero-order chi connectivity index (χ0) is 21.4. The number of halogens is 2. The van der Waals surface area contributed by atoms with Gasteiger partial charge in [-0.15, -0.1) is 0 Å². The van der Waals surface area contributed by atoms with Gasteiger partial charge in [0.15, 0.2) is 0 Å². The Morgan fingerprint density at radius 1 is 1.13 bits per heavy atom. The summed E-state index contributed by atoms with van der Waals surface area (Å²) in [7, 11) is 0. The van der Waals surface area contributed by atoms with Crippen molar-refractivity contribution in [2.45, 2.75) is 38.0 Å². The Hall–Kier alpha value is -2.66. The van der Waals surface area contributed by atoms with E-state index in [2.05, 4.69) is 21.1 Å². The lowest BCUT2D eigenvalue weighted by atomic mass is 9.56. The quantitative estimate of drug-likeness (QED) is 0.236. The SMILES string of the molecule is O/N=C(\Cc1ccc(Cl)cc1)N1CCC2(CC1)CC(c1ccnc3ccc(F)cc13)C2. The monoisotopic (exact) mass is 437 g/mol. The van der Waals surface area contributed by atoms with Crippen molar-refractivity contribution in [1.82, 2.24) is 9.88 Å². The number of amidine groups is 1. The van der Waals surface area contributed by atoms with E-state index in [0.29, 0.717) is 28.6 Å². The molecule has 4 nitrogen and oxygen atoms in total. The largest absolute Gasteiger partial charge is 0.409 e. The average molecular weight is 438 g/mol. The van der Waals surface area contributed by atoms with Gasteiger partial charge in [-0.05, 0) is 84.5 Å². The highest BCUT2D eigenvalue weighted by Gasteiger charge is 2.46. The molecular weight excluding hydrogens is 413 g/mol. The third-order valence-electron chi connectivity index (χ3n) is 7.12. The highest BCUT2D eigenvalue weighted by molar-refractivity contribution is 6.30. The number of pyridine rings is 1. The molecule has 0 unspecified atom stereocenters. The lowest BCUT2D eigenvalue weighted by molar-refractivity contribution is 0.0345. The standard InChI is InChI=1S/C25H25ClFN3O/c26-19-3-1-17(2-4-19)13-24(29-31)30-11-8-25(9-12-30)15-18(16-25)21-7-10-28-23-6-5-20(27)14-22(21)23/h1-7,10,14,18,31H,8-9,11-13,15-16H2/b29-24+. The van der Waals surface area contributed by atoms with Gasteiger partial charge in [0.1, 0.15) is 11.7 Å². The molecule has 3 aromatic rings. The van der Waals surface area contributed by atoms with Crippen molar-refractivity contribution in [3.63, 3.8) is 0 Å². The molecule has 1 aliphatic carbocycles. The molecule has 2 aliphatic rings. The van der Waals surface area contributed by atoms with Crippen LogP contribution in [0.15, 0.2) is 59.9 Å². The van der Waals surface area contributed by atoms with Crippen LogP contribution in [0, 0.1) is 11.2 Å². The van der Waals surface area contributed by atoms with Crippen molar-refractivity contribution in [3.05, 3.63) is 76.7 Å². The topological polar surface area (TPSA) is 48.7 Å². The summed E-state index contributed by atoms with van der Waals surface area (Å²) >= 11 is 5.97. The molecule has 6 heteroatoms. The highest BCUT2D eigenvalue weighted by Crippen LogP contribution is 2.57. The molecule has 1 aromatic heterocycles. The van der Waals surface area contributed by atoms with Gasteiger partial charge < -0.3 is 10.1 Å². The Bertz CT molecular complexity index is 1120. The Balaban J connectivity index is 1.23. The second-order valence-corrected chi connectivity index (χ2v) is 9.41. The molecule has 0 radical (unpaired) electrons. The third kappa shape index (κ3) is 3.99. The van der Waals surface area contributed by atoms with Crippen LogP contribution in [-0.4, -0.2) is 34.0 Å². The van der Waals surface area contributed by atoms with Crippen LogP contribution in [0.25, 0.3) is 10.9 Å². The molecule has 160 valence electrons. The van der Waals surface area contributed by atoms with E-state index in [1.54, 1.807) is 12.1 Å². The molecule has 31 heavy (non-hydrogen) atoms. The molecule has 0 amide bonds. The first-order valence-corrected chi connectivity index (χ1v) is 11.2. The first-order valence-electron chi connectivity index (χ1n) is 10.8. The van der Waals surface area contributed by atoms with Crippen LogP contribution >= 0.6 is 11.6 Å². The number of fused-ring (bicyclic) bond motifs is 1. The summed E-state index contributed by atoms with van der Waals surface area (Å²) in [4.78, 5) is 6.59. The van der Waals surface area contributed by atoms with Crippen molar-refractivity contribution in [2.24, 2.45) is 10.6 Å². The molecule has 1 aliphatic heterocycles. The summed E-state index contributed by atoms with van der Waals surface area (Å²) in [5.74, 6) is 0.961. The smallest absolute Gasteiger partial charge is 0.148 e. The van der Waals surface area contributed by atoms with Crippen LogP contribution in [-0.2, 0) is 6.42 Å². The molecule has 1 spiro atoms. The van der Waals surface area contributed by atoms with Gasteiger partial charge in [0.25, 0.3) is 0 Å². The minimum Gasteiger partial charge on any atom is -0.409 e. The molecule has 2 heterocycles. The average Bonchev–Trinajstić information content (AvgIpc) is 2.77. The minimum absolute atomic E-state index is 0.208. The Labute approximate surface area is 186 Å². The van der Waals surface area contributed by atoms with Crippen LogP contribution in [0.2, 0.25) is 5.02 Å². The van der Waals surface area contributed by atoms with Gasteiger partial charge in [-0.2, -0.15) is 0 Å². The van der Waals surface area contributed by atoms with E-state index in [4.69, 9.17) is 11.6 Å². The maximum absolute atomic E-state index is 13.8. The summed E-state index contributed by atoms with van der Waals surface area (Å²) in [6.07, 6.45) is 6.85. The van der Waals surface area contributed by atoms with Crippen LogP contribution in [0.4, 0.5) is 4.39 Å². The maximum Gasteiger partial charge on any atom is 0.148 e. The number of benzene rings is 2. The minimum atomic E-state index is -0.208. The number of piperidine rings is 1. The number of hydrogen-bond acceptors (Lipinski definition) is 3. The van der Waals surface area contributed by atoms with E-state index in [0.717, 1.165) is 55.2 Å². The fraction of sp³-hybridized carbons (Fsp3) is 0.360. The molecule has 2 fully saturated rings. The third-order valence-corrected chi connectivity index (χ3v) is 7.37. The Morgan fingerprint density at radius 3 is 2.58 bits per heavy atom. The lowest BCUT2D eigenvalue weighted by Gasteiger charge is -2.53. The summed E-state index contributed by atoms with van der Waals surface area (Å²) in [5.41, 5.74) is 3.50. The molecule has 5 rings (SSSR count). The van der Waals surface area contributed by atoms with Gasteiger partial charge in [0, 0.05) is 36.1 Å². The van der Waals surface area contributed by atoms with E-state index >= 15 is 0 Å². The van der Waals surface area contributed by atoms with E-state index in [-0.39, 0.29) is 5.82 Å². The first kappa shape index (κ1) is 20.3.